The molecule has 38 heavy (non-hydrogen) atoms. The summed E-state index contributed by atoms with van der Waals surface area (Å²) in [5.74, 6) is -5.64. The van der Waals surface area contributed by atoms with Crippen LogP contribution in [0.25, 0.3) is 0 Å². The van der Waals surface area contributed by atoms with E-state index in [0.29, 0.717) is 5.69 Å². The first-order valence-corrected chi connectivity index (χ1v) is 12.7. The van der Waals surface area contributed by atoms with Crippen LogP contribution in [0.5, 0.6) is 0 Å². The molecule has 0 aliphatic heterocycles. The SMILES string of the molecule is CC(C)(NC(=O)CC1CCC(F)(F)CC1)C(=O)N[C@H](Cc1ccccc1)C(=O)C(=O)NCc1ccccn1. The van der Waals surface area contributed by atoms with Crippen LogP contribution in [0, 0.1) is 5.92 Å². The lowest BCUT2D eigenvalue weighted by molar-refractivity contribution is -0.141. The zero-order valence-electron chi connectivity index (χ0n) is 21.6. The number of carbonyl (C=O) groups is 4. The van der Waals surface area contributed by atoms with E-state index >= 15 is 0 Å². The Morgan fingerprint density at radius 2 is 1.68 bits per heavy atom. The highest BCUT2D eigenvalue weighted by Crippen LogP contribution is 2.37. The van der Waals surface area contributed by atoms with Gasteiger partial charge in [0.15, 0.2) is 0 Å². The second-order valence-corrected chi connectivity index (χ2v) is 10.3. The Bertz CT molecular complexity index is 1120. The Morgan fingerprint density at radius 1 is 1.03 bits per heavy atom. The number of pyridine rings is 1. The molecule has 0 spiro atoms. The molecule has 10 heteroatoms. The molecule has 1 aliphatic rings. The molecule has 1 atom stereocenters. The molecule has 1 aromatic carbocycles. The predicted molar refractivity (Wildman–Crippen MR) is 137 cm³/mol. The quantitative estimate of drug-likeness (QED) is 0.388. The van der Waals surface area contributed by atoms with Crippen LogP contribution in [0.4, 0.5) is 8.78 Å². The summed E-state index contributed by atoms with van der Waals surface area (Å²) < 4.78 is 26.8. The fraction of sp³-hybridized carbons (Fsp3) is 0.464. The number of alkyl halides is 2. The average Bonchev–Trinajstić information content (AvgIpc) is 2.88. The summed E-state index contributed by atoms with van der Waals surface area (Å²) >= 11 is 0. The molecule has 8 nitrogen and oxygen atoms in total. The van der Waals surface area contributed by atoms with Gasteiger partial charge in [-0.25, -0.2) is 8.78 Å². The van der Waals surface area contributed by atoms with Crippen molar-refractivity contribution in [2.75, 3.05) is 0 Å². The fourth-order valence-electron chi connectivity index (χ4n) is 4.34. The maximum absolute atomic E-state index is 13.4. The Kier molecular flexibility index (Phi) is 9.66. The van der Waals surface area contributed by atoms with E-state index in [1.807, 2.05) is 6.07 Å². The van der Waals surface area contributed by atoms with Gasteiger partial charge in [-0.15, -0.1) is 0 Å². The topological polar surface area (TPSA) is 117 Å². The number of hydrogen-bond acceptors (Lipinski definition) is 5. The van der Waals surface area contributed by atoms with E-state index in [1.165, 1.54) is 13.8 Å². The highest BCUT2D eigenvalue weighted by molar-refractivity contribution is 6.38. The monoisotopic (exact) mass is 528 g/mol. The lowest BCUT2D eigenvalue weighted by Gasteiger charge is -2.30. The van der Waals surface area contributed by atoms with Crippen LogP contribution < -0.4 is 16.0 Å². The van der Waals surface area contributed by atoms with Gasteiger partial charge in [0.1, 0.15) is 11.6 Å². The first-order valence-electron chi connectivity index (χ1n) is 12.7. The van der Waals surface area contributed by atoms with Gasteiger partial charge < -0.3 is 16.0 Å². The zero-order valence-corrected chi connectivity index (χ0v) is 21.6. The molecule has 1 aromatic heterocycles. The molecule has 3 amide bonds. The lowest BCUT2D eigenvalue weighted by Crippen LogP contribution is -2.59. The van der Waals surface area contributed by atoms with E-state index in [2.05, 4.69) is 20.9 Å². The van der Waals surface area contributed by atoms with Crippen molar-refractivity contribution < 1.29 is 28.0 Å². The molecule has 0 bridgehead atoms. The first kappa shape index (κ1) is 28.9. The molecule has 1 heterocycles. The molecule has 2 aromatic rings. The fourth-order valence-corrected chi connectivity index (χ4v) is 4.34. The summed E-state index contributed by atoms with van der Waals surface area (Å²) in [7, 11) is 0. The van der Waals surface area contributed by atoms with Crippen molar-refractivity contribution >= 4 is 23.5 Å². The number of Topliss-reactive ketones (excluding diaryl/α,β-unsaturated/α-hetero) is 1. The third-order valence-electron chi connectivity index (χ3n) is 6.61. The van der Waals surface area contributed by atoms with Gasteiger partial charge in [0.2, 0.25) is 23.5 Å². The average molecular weight is 529 g/mol. The van der Waals surface area contributed by atoms with Crippen molar-refractivity contribution in [3.05, 3.63) is 66.0 Å². The van der Waals surface area contributed by atoms with Crippen LogP contribution in [-0.4, -0.2) is 46.0 Å². The summed E-state index contributed by atoms with van der Waals surface area (Å²) in [6, 6.07) is 13.0. The van der Waals surface area contributed by atoms with Crippen molar-refractivity contribution in [1.29, 1.82) is 0 Å². The molecule has 1 aliphatic carbocycles. The molecule has 0 radical (unpaired) electrons. The number of rotatable bonds is 11. The molecule has 1 saturated carbocycles. The number of hydrogen-bond donors (Lipinski definition) is 3. The van der Waals surface area contributed by atoms with Gasteiger partial charge in [0.05, 0.1) is 12.2 Å². The van der Waals surface area contributed by atoms with Crippen molar-refractivity contribution in [1.82, 2.24) is 20.9 Å². The standard InChI is InChI=1S/C28H34F2N4O4/c1-27(2,34-23(35)17-20-11-13-28(29,30)14-12-20)26(38)33-22(16-19-8-4-3-5-9-19)24(36)25(37)32-18-21-10-6-7-15-31-21/h3-10,15,20,22H,11-14,16-18H2,1-2H3,(H,32,37)(H,33,38)(H,34,35)/t22-/m1/s1. The molecule has 0 unspecified atom stereocenters. The van der Waals surface area contributed by atoms with Gasteiger partial charge in [-0.05, 0) is 50.3 Å². The maximum Gasteiger partial charge on any atom is 0.289 e. The minimum Gasteiger partial charge on any atom is -0.344 e. The summed E-state index contributed by atoms with van der Waals surface area (Å²) in [6.45, 7) is 3.02. The van der Waals surface area contributed by atoms with Gasteiger partial charge >= 0.3 is 0 Å². The Balaban J connectivity index is 1.63. The smallest absolute Gasteiger partial charge is 0.289 e. The van der Waals surface area contributed by atoms with E-state index < -0.39 is 41.0 Å². The van der Waals surface area contributed by atoms with Gasteiger partial charge in [0.25, 0.3) is 5.91 Å². The molecular weight excluding hydrogens is 494 g/mol. The Morgan fingerprint density at radius 3 is 2.32 bits per heavy atom. The predicted octanol–water partition coefficient (Wildman–Crippen LogP) is 3.10. The van der Waals surface area contributed by atoms with Crippen molar-refractivity contribution in [3.63, 3.8) is 0 Å². The largest absolute Gasteiger partial charge is 0.344 e. The molecule has 1 fully saturated rings. The van der Waals surface area contributed by atoms with Crippen LogP contribution in [0.1, 0.15) is 57.2 Å². The van der Waals surface area contributed by atoms with Crippen LogP contribution in [-0.2, 0) is 32.1 Å². The Hall–Kier alpha value is -3.69. The normalized spacial score (nSPS) is 16.2. The minimum absolute atomic E-state index is 0.0368. The highest BCUT2D eigenvalue weighted by atomic mass is 19.3. The molecule has 3 N–H and O–H groups in total. The number of halogens is 2. The van der Waals surface area contributed by atoms with E-state index in [9.17, 15) is 28.0 Å². The number of ketones is 1. The third kappa shape index (κ3) is 8.71. The number of nitrogens with one attached hydrogen (secondary N) is 3. The van der Waals surface area contributed by atoms with Gasteiger partial charge in [-0.3, -0.25) is 24.2 Å². The second kappa shape index (κ2) is 12.7. The maximum atomic E-state index is 13.4. The Labute approximate surface area is 221 Å². The lowest BCUT2D eigenvalue weighted by atomic mass is 9.84. The highest BCUT2D eigenvalue weighted by Gasteiger charge is 2.38. The van der Waals surface area contributed by atoms with Crippen LogP contribution in [0.15, 0.2) is 54.7 Å². The first-order chi connectivity index (χ1) is 17.9. The van der Waals surface area contributed by atoms with Crippen LogP contribution in [0.3, 0.4) is 0 Å². The number of amides is 3. The van der Waals surface area contributed by atoms with Gasteiger partial charge in [-0.2, -0.15) is 0 Å². The van der Waals surface area contributed by atoms with Crippen molar-refractivity contribution in [3.8, 4) is 0 Å². The van der Waals surface area contributed by atoms with Crippen molar-refractivity contribution in [2.45, 2.75) is 76.4 Å². The van der Waals surface area contributed by atoms with E-state index in [0.717, 1.165) is 5.56 Å². The summed E-state index contributed by atoms with van der Waals surface area (Å²) in [6.07, 6.45) is 1.67. The van der Waals surface area contributed by atoms with Gasteiger partial charge in [-0.1, -0.05) is 36.4 Å². The van der Waals surface area contributed by atoms with Crippen LogP contribution in [0.2, 0.25) is 0 Å². The number of aromatic nitrogens is 1. The third-order valence-corrected chi connectivity index (χ3v) is 6.61. The number of nitrogens with zero attached hydrogens (tertiary/aromatic N) is 1. The molecule has 204 valence electrons. The van der Waals surface area contributed by atoms with E-state index in [4.69, 9.17) is 0 Å². The van der Waals surface area contributed by atoms with Crippen molar-refractivity contribution in [2.24, 2.45) is 5.92 Å². The summed E-state index contributed by atoms with van der Waals surface area (Å²) in [5, 5.41) is 7.81. The zero-order chi connectivity index (χ0) is 27.8. The summed E-state index contributed by atoms with van der Waals surface area (Å²) in [5.41, 5.74) is -0.0996. The molecule has 0 saturated heterocycles. The molecule has 3 rings (SSSR count). The van der Waals surface area contributed by atoms with E-state index in [1.54, 1.807) is 48.7 Å². The second-order valence-electron chi connectivity index (χ2n) is 10.3. The van der Waals surface area contributed by atoms with Gasteiger partial charge in [0, 0.05) is 31.9 Å². The number of benzene rings is 1. The summed E-state index contributed by atoms with van der Waals surface area (Å²) in [4.78, 5) is 55.6. The van der Waals surface area contributed by atoms with E-state index in [-0.39, 0.29) is 51.0 Å². The minimum atomic E-state index is -2.68. The molecular formula is C28H34F2N4O4. The number of carbonyl (C=O) groups excluding carboxylic acids is 4. The van der Waals surface area contributed by atoms with Crippen LogP contribution >= 0.6 is 0 Å².